The maximum Gasteiger partial charge on any atom is 0.264 e. The van der Waals surface area contributed by atoms with Gasteiger partial charge in [0.25, 0.3) is 10.1 Å². The Morgan fingerprint density at radius 2 is 2.17 bits per heavy atom. The standard InChI is InChI=1S/C11H20N2O4S/c1-2-17-9-8-13-7-6-12(11-13)5-3-4-10-18(14,15)16/h6-7,11H,2-5,8-10H2,1H3/p+1. The molecule has 0 saturated heterocycles. The molecule has 0 atom stereocenters. The summed E-state index contributed by atoms with van der Waals surface area (Å²) < 4.78 is 38.9. The Labute approximate surface area is 108 Å². The molecule has 1 aromatic heterocycles. The van der Waals surface area contributed by atoms with Gasteiger partial charge in [-0.3, -0.25) is 4.55 Å². The van der Waals surface area contributed by atoms with E-state index in [9.17, 15) is 8.42 Å². The van der Waals surface area contributed by atoms with E-state index in [-0.39, 0.29) is 5.75 Å². The number of ether oxygens (including phenoxy) is 1. The van der Waals surface area contributed by atoms with Crippen LogP contribution in [0.5, 0.6) is 0 Å². The quantitative estimate of drug-likeness (QED) is 0.405. The van der Waals surface area contributed by atoms with Crippen LogP contribution in [-0.4, -0.2) is 36.5 Å². The molecule has 18 heavy (non-hydrogen) atoms. The molecular weight excluding hydrogens is 256 g/mol. The lowest BCUT2D eigenvalue weighted by molar-refractivity contribution is -0.696. The van der Waals surface area contributed by atoms with E-state index in [4.69, 9.17) is 9.29 Å². The highest BCUT2D eigenvalue weighted by Gasteiger charge is 2.06. The van der Waals surface area contributed by atoms with Crippen molar-refractivity contribution < 1.29 is 22.3 Å². The van der Waals surface area contributed by atoms with Crippen molar-refractivity contribution in [3.63, 3.8) is 0 Å². The molecule has 7 heteroatoms. The first kappa shape index (κ1) is 15.1. The van der Waals surface area contributed by atoms with Crippen LogP contribution in [0.4, 0.5) is 0 Å². The fourth-order valence-corrected chi connectivity index (χ4v) is 2.17. The van der Waals surface area contributed by atoms with Crippen molar-refractivity contribution in [1.82, 2.24) is 4.57 Å². The van der Waals surface area contributed by atoms with Gasteiger partial charge in [-0.15, -0.1) is 0 Å². The summed E-state index contributed by atoms with van der Waals surface area (Å²) in [6.45, 7) is 4.93. The van der Waals surface area contributed by atoms with Gasteiger partial charge in [0, 0.05) is 6.61 Å². The largest absolute Gasteiger partial charge is 0.378 e. The SMILES string of the molecule is CCOCCn1cc[n+](CCCCS(=O)(=O)O)c1. The third kappa shape index (κ3) is 6.73. The monoisotopic (exact) mass is 277 g/mol. The van der Waals surface area contributed by atoms with Crippen molar-refractivity contribution in [2.75, 3.05) is 19.0 Å². The van der Waals surface area contributed by atoms with Gasteiger partial charge >= 0.3 is 0 Å². The van der Waals surface area contributed by atoms with Crippen molar-refractivity contribution in [3.8, 4) is 0 Å². The predicted octanol–water partition coefficient (Wildman–Crippen LogP) is 0.480. The van der Waals surface area contributed by atoms with Crippen LogP contribution < -0.4 is 4.57 Å². The number of unbranched alkanes of at least 4 members (excludes halogenated alkanes) is 1. The highest BCUT2D eigenvalue weighted by Crippen LogP contribution is 1.94. The topological polar surface area (TPSA) is 72.4 Å². The summed E-state index contributed by atoms with van der Waals surface area (Å²) in [7, 11) is -3.82. The minimum absolute atomic E-state index is 0.168. The van der Waals surface area contributed by atoms with Gasteiger partial charge in [0.05, 0.1) is 18.9 Å². The van der Waals surface area contributed by atoms with E-state index in [1.54, 1.807) is 0 Å². The van der Waals surface area contributed by atoms with Crippen molar-refractivity contribution in [3.05, 3.63) is 18.7 Å². The summed E-state index contributed by atoms with van der Waals surface area (Å²) >= 11 is 0. The maximum atomic E-state index is 10.5. The highest BCUT2D eigenvalue weighted by molar-refractivity contribution is 7.85. The van der Waals surface area contributed by atoms with Crippen LogP contribution in [0.2, 0.25) is 0 Å². The number of hydrogen-bond acceptors (Lipinski definition) is 3. The van der Waals surface area contributed by atoms with Crippen molar-refractivity contribution >= 4 is 10.1 Å². The second kappa shape index (κ2) is 7.50. The molecule has 0 aliphatic rings. The maximum absolute atomic E-state index is 10.5. The van der Waals surface area contributed by atoms with E-state index >= 15 is 0 Å². The smallest absolute Gasteiger partial charge is 0.264 e. The van der Waals surface area contributed by atoms with E-state index < -0.39 is 10.1 Å². The molecule has 0 aliphatic carbocycles. The van der Waals surface area contributed by atoms with Gasteiger partial charge < -0.3 is 4.74 Å². The van der Waals surface area contributed by atoms with Crippen molar-refractivity contribution in [1.29, 1.82) is 0 Å². The van der Waals surface area contributed by atoms with E-state index in [0.717, 1.165) is 26.1 Å². The van der Waals surface area contributed by atoms with E-state index in [1.807, 2.05) is 34.8 Å². The summed E-state index contributed by atoms with van der Waals surface area (Å²) in [5.74, 6) is -0.168. The van der Waals surface area contributed by atoms with Gasteiger partial charge in [-0.1, -0.05) is 0 Å². The summed E-state index contributed by atoms with van der Waals surface area (Å²) in [5.41, 5.74) is 0. The average molecular weight is 277 g/mol. The molecule has 1 aromatic rings. The molecule has 1 heterocycles. The van der Waals surface area contributed by atoms with Crippen LogP contribution in [0.3, 0.4) is 0 Å². The van der Waals surface area contributed by atoms with Crippen LogP contribution in [-0.2, 0) is 27.9 Å². The molecule has 104 valence electrons. The molecule has 0 unspecified atom stereocenters. The first-order valence-electron chi connectivity index (χ1n) is 6.09. The molecule has 0 amide bonds. The van der Waals surface area contributed by atoms with E-state index in [2.05, 4.69) is 0 Å². The van der Waals surface area contributed by atoms with Gasteiger partial charge in [-0.25, -0.2) is 9.13 Å². The minimum Gasteiger partial charge on any atom is -0.378 e. The summed E-state index contributed by atoms with van der Waals surface area (Å²) in [4.78, 5) is 0. The number of aromatic nitrogens is 2. The lowest BCUT2D eigenvalue weighted by Gasteiger charge is -1.98. The Morgan fingerprint density at radius 1 is 1.39 bits per heavy atom. The predicted molar refractivity (Wildman–Crippen MR) is 66.8 cm³/mol. The molecule has 0 aromatic carbocycles. The Hall–Kier alpha value is -0.920. The molecule has 0 saturated carbocycles. The number of imidazole rings is 1. The summed E-state index contributed by atoms with van der Waals surface area (Å²) in [6, 6.07) is 0. The Morgan fingerprint density at radius 3 is 2.83 bits per heavy atom. The van der Waals surface area contributed by atoms with Crippen LogP contribution in [0.25, 0.3) is 0 Å². The van der Waals surface area contributed by atoms with Gasteiger partial charge in [-0.2, -0.15) is 8.42 Å². The molecule has 0 radical (unpaired) electrons. The first-order valence-corrected chi connectivity index (χ1v) is 7.70. The molecule has 6 nitrogen and oxygen atoms in total. The zero-order chi connectivity index (χ0) is 13.4. The van der Waals surface area contributed by atoms with Gasteiger partial charge in [0.2, 0.25) is 6.33 Å². The lowest BCUT2D eigenvalue weighted by atomic mass is 10.3. The summed E-state index contributed by atoms with van der Waals surface area (Å²) in [6.07, 6.45) is 7.06. The second-order valence-corrected chi connectivity index (χ2v) is 5.65. The van der Waals surface area contributed by atoms with Gasteiger partial charge in [0.1, 0.15) is 18.9 Å². The number of aryl methyl sites for hydroxylation is 1. The Bertz CT molecular complexity index is 442. The van der Waals surface area contributed by atoms with Gasteiger partial charge in [-0.05, 0) is 19.8 Å². The van der Waals surface area contributed by atoms with Crippen LogP contribution in [0.1, 0.15) is 19.8 Å². The Balaban J connectivity index is 2.23. The molecule has 1 N–H and O–H groups in total. The van der Waals surface area contributed by atoms with Crippen LogP contribution in [0, 0.1) is 0 Å². The third-order valence-corrected chi connectivity index (χ3v) is 3.32. The molecular formula is C11H21N2O4S+. The highest BCUT2D eigenvalue weighted by atomic mass is 32.2. The normalized spacial score (nSPS) is 11.9. The van der Waals surface area contributed by atoms with Gasteiger partial charge in [0.15, 0.2) is 0 Å². The number of nitrogens with zero attached hydrogens (tertiary/aromatic N) is 2. The number of rotatable bonds is 9. The lowest BCUT2D eigenvalue weighted by Crippen LogP contribution is -2.31. The minimum atomic E-state index is -3.82. The van der Waals surface area contributed by atoms with Crippen LogP contribution >= 0.6 is 0 Å². The van der Waals surface area contributed by atoms with Crippen LogP contribution in [0.15, 0.2) is 18.7 Å². The molecule has 0 spiro atoms. The average Bonchev–Trinajstić information content (AvgIpc) is 2.72. The zero-order valence-electron chi connectivity index (χ0n) is 10.7. The zero-order valence-corrected chi connectivity index (χ0v) is 11.5. The summed E-state index contributed by atoms with van der Waals surface area (Å²) in [5, 5.41) is 0. The second-order valence-electron chi connectivity index (χ2n) is 4.08. The van der Waals surface area contributed by atoms with E-state index in [1.165, 1.54) is 0 Å². The third-order valence-electron chi connectivity index (χ3n) is 2.51. The fraction of sp³-hybridized carbons (Fsp3) is 0.727. The number of hydrogen-bond donors (Lipinski definition) is 1. The first-order chi connectivity index (χ1) is 8.51. The fourth-order valence-electron chi connectivity index (χ4n) is 1.60. The van der Waals surface area contributed by atoms with E-state index in [0.29, 0.717) is 13.0 Å². The molecule has 0 fully saturated rings. The van der Waals surface area contributed by atoms with Crippen molar-refractivity contribution in [2.24, 2.45) is 0 Å². The van der Waals surface area contributed by atoms with Crippen molar-refractivity contribution in [2.45, 2.75) is 32.9 Å². The Kier molecular flexibility index (Phi) is 6.31. The molecule has 1 rings (SSSR count). The molecule has 0 bridgehead atoms. The molecule has 0 aliphatic heterocycles.